The van der Waals surface area contributed by atoms with Crippen LogP contribution in [0.15, 0.2) is 11.6 Å². The number of anilines is 1. The summed E-state index contributed by atoms with van der Waals surface area (Å²) in [5, 5.41) is 7.85. The minimum atomic E-state index is -0.605. The van der Waals surface area contributed by atoms with Gasteiger partial charge in [-0.25, -0.2) is 9.78 Å². The standard InChI is InChI=1S/C17H27N3O3S/c1-17(2,3)23-16(22)19-13(11-12-7-5-4-6-8-12)14(21)20-15-18-9-10-24-15/h9-10,12-13H,4-8,11H2,1-3H3,(H,19,22)(H,18,20,21). The molecule has 0 radical (unpaired) electrons. The lowest BCUT2D eigenvalue weighted by Crippen LogP contribution is -2.46. The van der Waals surface area contributed by atoms with Crippen LogP contribution >= 0.6 is 11.3 Å². The van der Waals surface area contributed by atoms with E-state index in [1.54, 1.807) is 32.3 Å². The van der Waals surface area contributed by atoms with Crippen molar-refractivity contribution in [1.82, 2.24) is 10.3 Å². The first-order valence-electron chi connectivity index (χ1n) is 8.53. The summed E-state index contributed by atoms with van der Waals surface area (Å²) in [5.74, 6) is 0.224. The van der Waals surface area contributed by atoms with Crippen molar-refractivity contribution in [3.63, 3.8) is 0 Å². The minimum absolute atomic E-state index is 0.235. The van der Waals surface area contributed by atoms with Crippen LogP contribution in [-0.4, -0.2) is 28.6 Å². The Kier molecular flexibility index (Phi) is 6.60. The Morgan fingerprint density at radius 1 is 1.33 bits per heavy atom. The second-order valence-corrected chi connectivity index (χ2v) is 8.16. The quantitative estimate of drug-likeness (QED) is 0.840. The summed E-state index contributed by atoms with van der Waals surface area (Å²) in [7, 11) is 0. The van der Waals surface area contributed by atoms with Gasteiger partial charge in [-0.3, -0.25) is 4.79 Å². The molecule has 1 heterocycles. The Balaban J connectivity index is 1.99. The summed E-state index contributed by atoms with van der Waals surface area (Å²) in [4.78, 5) is 28.7. The van der Waals surface area contributed by atoms with E-state index in [1.807, 2.05) is 0 Å². The van der Waals surface area contributed by atoms with E-state index in [9.17, 15) is 9.59 Å². The predicted molar refractivity (Wildman–Crippen MR) is 95.1 cm³/mol. The van der Waals surface area contributed by atoms with Crippen molar-refractivity contribution in [3.8, 4) is 0 Å². The monoisotopic (exact) mass is 353 g/mol. The lowest BCUT2D eigenvalue weighted by molar-refractivity contribution is -0.118. The summed E-state index contributed by atoms with van der Waals surface area (Å²) < 4.78 is 5.30. The molecule has 134 valence electrons. The maximum absolute atomic E-state index is 12.6. The Morgan fingerprint density at radius 3 is 2.62 bits per heavy atom. The van der Waals surface area contributed by atoms with E-state index in [0.717, 1.165) is 12.8 Å². The number of carbonyl (C=O) groups excluding carboxylic acids is 2. The second-order valence-electron chi connectivity index (χ2n) is 7.27. The van der Waals surface area contributed by atoms with Crippen LogP contribution in [-0.2, 0) is 9.53 Å². The average molecular weight is 353 g/mol. The lowest BCUT2D eigenvalue weighted by Gasteiger charge is -2.27. The van der Waals surface area contributed by atoms with Gasteiger partial charge in [0.2, 0.25) is 5.91 Å². The molecule has 24 heavy (non-hydrogen) atoms. The molecule has 0 saturated heterocycles. The molecule has 0 spiro atoms. The highest BCUT2D eigenvalue weighted by Crippen LogP contribution is 2.28. The highest BCUT2D eigenvalue weighted by Gasteiger charge is 2.28. The van der Waals surface area contributed by atoms with E-state index >= 15 is 0 Å². The topological polar surface area (TPSA) is 80.3 Å². The molecule has 1 aromatic heterocycles. The summed E-state index contributed by atoms with van der Waals surface area (Å²) in [5.41, 5.74) is -0.592. The molecule has 1 unspecified atom stereocenters. The third-order valence-electron chi connectivity index (χ3n) is 3.96. The van der Waals surface area contributed by atoms with E-state index in [4.69, 9.17) is 4.74 Å². The van der Waals surface area contributed by atoms with Gasteiger partial charge in [0.05, 0.1) is 0 Å². The first-order chi connectivity index (χ1) is 11.3. The zero-order valence-corrected chi connectivity index (χ0v) is 15.4. The Hall–Kier alpha value is -1.63. The molecule has 1 fully saturated rings. The zero-order valence-electron chi connectivity index (χ0n) is 14.6. The fraction of sp³-hybridized carbons (Fsp3) is 0.706. The lowest BCUT2D eigenvalue weighted by atomic mass is 9.84. The van der Waals surface area contributed by atoms with Crippen LogP contribution < -0.4 is 10.6 Å². The van der Waals surface area contributed by atoms with E-state index in [-0.39, 0.29) is 5.91 Å². The largest absolute Gasteiger partial charge is 0.444 e. The fourth-order valence-corrected chi connectivity index (χ4v) is 3.45. The van der Waals surface area contributed by atoms with Crippen molar-refractivity contribution < 1.29 is 14.3 Å². The van der Waals surface area contributed by atoms with Gasteiger partial charge in [0.25, 0.3) is 0 Å². The maximum Gasteiger partial charge on any atom is 0.408 e. The normalized spacial score (nSPS) is 17.1. The average Bonchev–Trinajstić information content (AvgIpc) is 2.98. The van der Waals surface area contributed by atoms with Gasteiger partial charge in [-0.15, -0.1) is 11.3 Å². The van der Waals surface area contributed by atoms with Crippen molar-refractivity contribution in [2.45, 2.75) is 70.9 Å². The number of thiazole rings is 1. The molecule has 7 heteroatoms. The number of carbonyl (C=O) groups is 2. The third kappa shape index (κ3) is 6.47. The molecule has 1 saturated carbocycles. The number of aromatic nitrogens is 1. The Bertz CT molecular complexity index is 534. The number of alkyl carbamates (subject to hydrolysis) is 1. The van der Waals surface area contributed by atoms with Crippen LogP contribution in [0.2, 0.25) is 0 Å². The number of nitrogens with zero attached hydrogens (tertiary/aromatic N) is 1. The predicted octanol–water partition coefficient (Wildman–Crippen LogP) is 3.95. The second kappa shape index (κ2) is 8.46. The van der Waals surface area contributed by atoms with Gasteiger partial charge in [0.15, 0.2) is 5.13 Å². The van der Waals surface area contributed by atoms with Crippen LogP contribution in [0.4, 0.5) is 9.93 Å². The van der Waals surface area contributed by atoms with Crippen molar-refractivity contribution >= 4 is 28.5 Å². The van der Waals surface area contributed by atoms with Crippen LogP contribution in [0, 0.1) is 5.92 Å². The minimum Gasteiger partial charge on any atom is -0.444 e. The van der Waals surface area contributed by atoms with Crippen molar-refractivity contribution in [3.05, 3.63) is 11.6 Å². The molecule has 1 aromatic rings. The van der Waals surface area contributed by atoms with E-state index < -0.39 is 17.7 Å². The number of amides is 2. The summed E-state index contributed by atoms with van der Waals surface area (Å²) >= 11 is 1.36. The summed E-state index contributed by atoms with van der Waals surface area (Å²) in [6, 6.07) is -0.605. The molecule has 2 rings (SSSR count). The number of rotatable bonds is 5. The first-order valence-corrected chi connectivity index (χ1v) is 9.41. The summed E-state index contributed by atoms with van der Waals surface area (Å²) in [6.45, 7) is 5.41. The molecular weight excluding hydrogens is 326 g/mol. The van der Waals surface area contributed by atoms with Gasteiger partial charge in [-0.2, -0.15) is 0 Å². The maximum atomic E-state index is 12.6. The van der Waals surface area contributed by atoms with Gasteiger partial charge in [-0.1, -0.05) is 32.1 Å². The van der Waals surface area contributed by atoms with E-state index in [2.05, 4.69) is 15.6 Å². The SMILES string of the molecule is CC(C)(C)OC(=O)NC(CC1CCCCC1)C(=O)Nc1nccs1. The molecule has 2 amide bonds. The van der Waals surface area contributed by atoms with Gasteiger partial charge in [-0.05, 0) is 33.1 Å². The van der Waals surface area contributed by atoms with Gasteiger partial charge < -0.3 is 15.4 Å². The number of hydrogen-bond acceptors (Lipinski definition) is 5. The highest BCUT2D eigenvalue weighted by molar-refractivity contribution is 7.13. The van der Waals surface area contributed by atoms with Crippen molar-refractivity contribution in [2.24, 2.45) is 5.92 Å². The molecule has 1 aliphatic rings. The fourth-order valence-electron chi connectivity index (χ4n) is 2.92. The Labute approximate surface area is 147 Å². The van der Waals surface area contributed by atoms with Crippen LogP contribution in [0.25, 0.3) is 0 Å². The van der Waals surface area contributed by atoms with E-state index in [0.29, 0.717) is 17.5 Å². The van der Waals surface area contributed by atoms with Gasteiger partial charge in [0, 0.05) is 11.6 Å². The molecule has 0 aromatic carbocycles. The summed E-state index contributed by atoms with van der Waals surface area (Å²) in [6.07, 6.45) is 7.57. The molecule has 1 aliphatic carbocycles. The van der Waals surface area contributed by atoms with Crippen LogP contribution in [0.1, 0.15) is 59.3 Å². The van der Waals surface area contributed by atoms with Crippen molar-refractivity contribution in [2.75, 3.05) is 5.32 Å². The number of hydrogen-bond donors (Lipinski definition) is 2. The highest BCUT2D eigenvalue weighted by atomic mass is 32.1. The van der Waals surface area contributed by atoms with Crippen LogP contribution in [0.5, 0.6) is 0 Å². The molecule has 1 atom stereocenters. The molecule has 2 N–H and O–H groups in total. The third-order valence-corrected chi connectivity index (χ3v) is 4.65. The van der Waals surface area contributed by atoms with Gasteiger partial charge in [0.1, 0.15) is 11.6 Å². The molecular formula is C17H27N3O3S. The first kappa shape index (κ1) is 18.7. The molecule has 0 aliphatic heterocycles. The molecule has 0 bridgehead atoms. The van der Waals surface area contributed by atoms with Gasteiger partial charge >= 0.3 is 6.09 Å². The van der Waals surface area contributed by atoms with Crippen molar-refractivity contribution in [1.29, 1.82) is 0 Å². The number of ether oxygens (including phenoxy) is 1. The van der Waals surface area contributed by atoms with Crippen LogP contribution in [0.3, 0.4) is 0 Å². The number of nitrogens with one attached hydrogen (secondary N) is 2. The zero-order chi connectivity index (χ0) is 17.6. The molecule has 6 nitrogen and oxygen atoms in total. The smallest absolute Gasteiger partial charge is 0.408 e. The Morgan fingerprint density at radius 2 is 2.04 bits per heavy atom. The van der Waals surface area contributed by atoms with E-state index in [1.165, 1.54) is 30.6 Å².